The van der Waals surface area contributed by atoms with Gasteiger partial charge in [-0.15, -0.1) is 0 Å². The van der Waals surface area contributed by atoms with Crippen molar-refractivity contribution in [3.8, 4) is 0 Å². The summed E-state index contributed by atoms with van der Waals surface area (Å²) in [4.78, 5) is 14.7. The number of ether oxygens (including phenoxy) is 1. The minimum Gasteiger partial charge on any atom is -0.465 e. The summed E-state index contributed by atoms with van der Waals surface area (Å²) in [6, 6.07) is 0. The zero-order chi connectivity index (χ0) is 15.2. The molecule has 1 unspecified atom stereocenters. The summed E-state index contributed by atoms with van der Waals surface area (Å²) in [6.45, 7) is 15.1. The molecule has 1 N–H and O–H groups in total. The molecule has 1 fully saturated rings. The fourth-order valence-corrected chi connectivity index (χ4v) is 2.75. The van der Waals surface area contributed by atoms with E-state index in [1.54, 1.807) is 0 Å². The molecule has 0 saturated carbocycles. The van der Waals surface area contributed by atoms with Gasteiger partial charge < -0.3 is 15.0 Å². The van der Waals surface area contributed by atoms with Gasteiger partial charge in [-0.1, -0.05) is 20.8 Å². The van der Waals surface area contributed by atoms with Gasteiger partial charge in [-0.3, -0.25) is 4.79 Å². The van der Waals surface area contributed by atoms with Gasteiger partial charge in [-0.05, 0) is 51.6 Å². The first kappa shape index (κ1) is 17.4. The predicted molar refractivity (Wildman–Crippen MR) is 82.8 cm³/mol. The van der Waals surface area contributed by atoms with Crippen LogP contribution in [0.25, 0.3) is 0 Å². The second-order valence-corrected chi connectivity index (χ2v) is 6.92. The summed E-state index contributed by atoms with van der Waals surface area (Å²) in [5.74, 6) is -0.119. The van der Waals surface area contributed by atoms with Crippen LogP contribution in [-0.4, -0.2) is 49.2 Å². The molecule has 118 valence electrons. The molecule has 1 atom stereocenters. The topological polar surface area (TPSA) is 41.6 Å². The zero-order valence-electron chi connectivity index (χ0n) is 13.9. The van der Waals surface area contributed by atoms with Crippen LogP contribution in [0, 0.1) is 5.41 Å². The molecule has 4 heteroatoms. The molecular weight excluding hydrogens is 252 g/mol. The Balaban J connectivity index is 2.54. The van der Waals surface area contributed by atoms with Crippen LogP contribution in [0.3, 0.4) is 0 Å². The first-order chi connectivity index (χ1) is 9.33. The quantitative estimate of drug-likeness (QED) is 0.695. The van der Waals surface area contributed by atoms with E-state index in [9.17, 15) is 4.79 Å². The fraction of sp³-hybridized carbons (Fsp3) is 0.938. The van der Waals surface area contributed by atoms with E-state index in [4.69, 9.17) is 4.74 Å². The lowest BCUT2D eigenvalue weighted by molar-refractivity contribution is -0.151. The number of hydrogen-bond donors (Lipinski definition) is 1. The molecule has 0 aromatic heterocycles. The highest BCUT2D eigenvalue weighted by atomic mass is 16.5. The molecule has 0 bridgehead atoms. The van der Waals surface area contributed by atoms with Gasteiger partial charge in [-0.2, -0.15) is 0 Å². The Bertz CT molecular complexity index is 318. The van der Waals surface area contributed by atoms with Crippen molar-refractivity contribution in [3.05, 3.63) is 0 Å². The lowest BCUT2D eigenvalue weighted by Gasteiger charge is -2.30. The van der Waals surface area contributed by atoms with E-state index in [1.807, 2.05) is 13.8 Å². The second kappa shape index (κ2) is 7.41. The summed E-state index contributed by atoms with van der Waals surface area (Å²) in [7, 11) is 0. The van der Waals surface area contributed by atoms with Crippen molar-refractivity contribution in [2.75, 3.05) is 32.8 Å². The maximum Gasteiger partial charge on any atom is 0.326 e. The van der Waals surface area contributed by atoms with Crippen molar-refractivity contribution < 1.29 is 9.53 Å². The van der Waals surface area contributed by atoms with Crippen molar-refractivity contribution in [3.63, 3.8) is 0 Å². The molecule has 1 aliphatic rings. The van der Waals surface area contributed by atoms with Crippen LogP contribution >= 0.6 is 0 Å². The van der Waals surface area contributed by atoms with Crippen LogP contribution in [0.5, 0.6) is 0 Å². The summed E-state index contributed by atoms with van der Waals surface area (Å²) >= 11 is 0. The Hall–Kier alpha value is -0.610. The number of hydrogen-bond acceptors (Lipinski definition) is 4. The number of nitrogens with one attached hydrogen (secondary N) is 1. The zero-order valence-corrected chi connectivity index (χ0v) is 13.9. The molecule has 0 radical (unpaired) electrons. The smallest absolute Gasteiger partial charge is 0.326 e. The van der Waals surface area contributed by atoms with E-state index in [0.717, 1.165) is 39.0 Å². The first-order valence-corrected chi connectivity index (χ1v) is 7.97. The van der Waals surface area contributed by atoms with Crippen LogP contribution in [0.15, 0.2) is 0 Å². The molecule has 0 aromatic rings. The van der Waals surface area contributed by atoms with Crippen molar-refractivity contribution in [2.45, 2.75) is 59.4 Å². The summed E-state index contributed by atoms with van der Waals surface area (Å²) in [5.41, 5.74) is -0.143. The van der Waals surface area contributed by atoms with Crippen LogP contribution in [-0.2, 0) is 9.53 Å². The van der Waals surface area contributed by atoms with Gasteiger partial charge in [0.2, 0.25) is 0 Å². The lowest BCUT2D eigenvalue weighted by Crippen LogP contribution is -2.52. The van der Waals surface area contributed by atoms with E-state index in [2.05, 4.69) is 31.0 Å². The Morgan fingerprint density at radius 2 is 2.10 bits per heavy atom. The van der Waals surface area contributed by atoms with E-state index in [1.165, 1.54) is 6.42 Å². The maximum atomic E-state index is 12.2. The molecule has 1 heterocycles. The molecule has 1 aliphatic heterocycles. The second-order valence-electron chi connectivity index (χ2n) is 6.92. The highest BCUT2D eigenvalue weighted by Gasteiger charge is 2.36. The minimum absolute atomic E-state index is 0.119. The highest BCUT2D eigenvalue weighted by Crippen LogP contribution is 2.29. The standard InChI is InChI=1S/C16H32N2O2/c1-6-10-17-16(5,14(19)20-7-2)9-12-18-11-8-15(3,4)13-18/h17H,6-13H2,1-5H3. The molecule has 0 aliphatic carbocycles. The van der Waals surface area contributed by atoms with Crippen molar-refractivity contribution in [1.29, 1.82) is 0 Å². The monoisotopic (exact) mass is 284 g/mol. The minimum atomic E-state index is -0.557. The Kier molecular flexibility index (Phi) is 6.46. The van der Waals surface area contributed by atoms with Gasteiger partial charge in [0, 0.05) is 13.1 Å². The van der Waals surface area contributed by atoms with Crippen LogP contribution in [0.1, 0.15) is 53.9 Å². The molecular formula is C16H32N2O2. The third-order valence-corrected chi connectivity index (χ3v) is 4.18. The SMILES string of the molecule is CCCNC(C)(CCN1CCC(C)(C)C1)C(=O)OCC. The Morgan fingerprint density at radius 3 is 2.60 bits per heavy atom. The summed E-state index contributed by atoms with van der Waals surface area (Å²) < 4.78 is 5.24. The average molecular weight is 284 g/mol. The summed E-state index contributed by atoms with van der Waals surface area (Å²) in [5, 5.41) is 3.37. The maximum absolute atomic E-state index is 12.2. The van der Waals surface area contributed by atoms with Gasteiger partial charge >= 0.3 is 5.97 Å². The van der Waals surface area contributed by atoms with Crippen LogP contribution in [0.2, 0.25) is 0 Å². The Labute approximate surface area is 124 Å². The number of nitrogens with zero attached hydrogens (tertiary/aromatic N) is 1. The lowest BCUT2D eigenvalue weighted by atomic mass is 9.93. The van der Waals surface area contributed by atoms with E-state index >= 15 is 0 Å². The first-order valence-electron chi connectivity index (χ1n) is 7.97. The van der Waals surface area contributed by atoms with Gasteiger partial charge in [0.1, 0.15) is 5.54 Å². The molecule has 1 saturated heterocycles. The van der Waals surface area contributed by atoms with Gasteiger partial charge in [0.25, 0.3) is 0 Å². The van der Waals surface area contributed by atoms with E-state index in [-0.39, 0.29) is 5.97 Å². The van der Waals surface area contributed by atoms with Gasteiger partial charge in [-0.25, -0.2) is 0 Å². The van der Waals surface area contributed by atoms with Crippen LogP contribution in [0.4, 0.5) is 0 Å². The number of likely N-dealkylation sites (tertiary alicyclic amines) is 1. The molecule has 0 amide bonds. The molecule has 0 aromatic carbocycles. The third-order valence-electron chi connectivity index (χ3n) is 4.18. The fourth-order valence-electron chi connectivity index (χ4n) is 2.75. The molecule has 0 spiro atoms. The third kappa shape index (κ3) is 5.06. The average Bonchev–Trinajstić information content (AvgIpc) is 2.74. The van der Waals surface area contributed by atoms with Gasteiger partial charge in [0.05, 0.1) is 6.61 Å². The summed E-state index contributed by atoms with van der Waals surface area (Å²) in [6.07, 6.45) is 3.07. The van der Waals surface area contributed by atoms with E-state index < -0.39 is 5.54 Å². The van der Waals surface area contributed by atoms with Crippen molar-refractivity contribution >= 4 is 5.97 Å². The predicted octanol–water partition coefficient (Wildman–Crippen LogP) is 2.43. The normalized spacial score (nSPS) is 21.6. The molecule has 20 heavy (non-hydrogen) atoms. The molecule has 1 rings (SSSR count). The van der Waals surface area contributed by atoms with Crippen molar-refractivity contribution in [2.24, 2.45) is 5.41 Å². The highest BCUT2D eigenvalue weighted by molar-refractivity contribution is 5.80. The van der Waals surface area contributed by atoms with Crippen molar-refractivity contribution in [1.82, 2.24) is 10.2 Å². The number of esters is 1. The number of carbonyl (C=O) groups excluding carboxylic acids is 1. The number of rotatable bonds is 8. The largest absolute Gasteiger partial charge is 0.465 e. The van der Waals surface area contributed by atoms with E-state index in [0.29, 0.717) is 12.0 Å². The van der Waals surface area contributed by atoms with Crippen LogP contribution < -0.4 is 5.32 Å². The number of carbonyl (C=O) groups is 1. The van der Waals surface area contributed by atoms with Gasteiger partial charge in [0.15, 0.2) is 0 Å². The molecule has 4 nitrogen and oxygen atoms in total. The Morgan fingerprint density at radius 1 is 1.40 bits per heavy atom.